The average molecular weight is 675 g/mol. The van der Waals surface area contributed by atoms with Crippen LogP contribution in [0.15, 0.2) is 176 Å². The predicted octanol–water partition coefficient (Wildman–Crippen LogP) is 12.6. The van der Waals surface area contributed by atoms with Gasteiger partial charge in [-0.05, 0) is 115 Å². The minimum absolute atomic E-state index is 0.992. The molecule has 0 atom stereocenters. The summed E-state index contributed by atoms with van der Waals surface area (Å²) in [5.41, 5.74) is 16.0. The lowest BCUT2D eigenvalue weighted by Crippen LogP contribution is -1.89. The third-order valence-electron chi connectivity index (χ3n) is 8.13. The summed E-state index contributed by atoms with van der Waals surface area (Å²) in [5, 5.41) is 0. The van der Waals surface area contributed by atoms with E-state index in [-0.39, 0.29) is 0 Å². The van der Waals surface area contributed by atoms with Gasteiger partial charge in [0.05, 0.1) is 0 Å². The van der Waals surface area contributed by atoms with E-state index >= 15 is 0 Å². The molecule has 0 aromatic heterocycles. The average Bonchev–Trinajstić information content (AvgIpc) is 3.12. The lowest BCUT2D eigenvalue weighted by atomic mass is 9.90. The standard InChI is InChI=1S/C43H31I/c44-30-31-12-10-19-35(22-31)41-25-40(34-17-8-3-9-18-34)28-43(29-41)37-21-11-20-36(23-37)42-26-38(32-13-4-1-5-14-32)24-39(27-42)33-15-6-2-7-16-33/h1-29H,30H2. The Kier molecular flexibility index (Phi) is 8.21. The van der Waals surface area contributed by atoms with E-state index in [1.54, 1.807) is 0 Å². The van der Waals surface area contributed by atoms with Crippen molar-refractivity contribution in [3.8, 4) is 66.8 Å². The van der Waals surface area contributed by atoms with E-state index < -0.39 is 0 Å². The van der Waals surface area contributed by atoms with Crippen molar-refractivity contribution >= 4 is 22.6 Å². The molecule has 0 N–H and O–H groups in total. The van der Waals surface area contributed by atoms with Crippen LogP contribution in [0.3, 0.4) is 0 Å². The number of halogens is 1. The van der Waals surface area contributed by atoms with E-state index in [0.717, 1.165) is 4.43 Å². The Hall–Kier alpha value is -4.73. The number of hydrogen-bond donors (Lipinski definition) is 0. The van der Waals surface area contributed by atoms with Crippen LogP contribution in [0.5, 0.6) is 0 Å². The maximum Gasteiger partial charge on any atom is 0.0247 e. The molecular formula is C43H31I. The molecule has 0 bridgehead atoms. The topological polar surface area (TPSA) is 0 Å². The molecule has 0 aliphatic carbocycles. The molecule has 7 aromatic carbocycles. The van der Waals surface area contributed by atoms with Crippen LogP contribution < -0.4 is 0 Å². The van der Waals surface area contributed by atoms with Gasteiger partial charge in [-0.1, -0.05) is 156 Å². The summed E-state index contributed by atoms with van der Waals surface area (Å²) in [6, 6.07) is 63.9. The Bertz CT molecular complexity index is 1970. The smallest absolute Gasteiger partial charge is 0.0247 e. The summed E-state index contributed by atoms with van der Waals surface area (Å²) in [6.45, 7) is 0. The second-order valence-electron chi connectivity index (χ2n) is 11.1. The quantitative estimate of drug-likeness (QED) is 0.117. The highest BCUT2D eigenvalue weighted by Crippen LogP contribution is 2.37. The normalized spacial score (nSPS) is 10.9. The molecule has 0 nitrogen and oxygen atoms in total. The first-order valence-corrected chi connectivity index (χ1v) is 16.5. The molecule has 1 heteroatoms. The molecule has 7 aromatic rings. The summed E-state index contributed by atoms with van der Waals surface area (Å²) in [7, 11) is 0. The van der Waals surface area contributed by atoms with Gasteiger partial charge in [-0.2, -0.15) is 0 Å². The monoisotopic (exact) mass is 674 g/mol. The maximum atomic E-state index is 2.44. The van der Waals surface area contributed by atoms with E-state index in [2.05, 4.69) is 199 Å². The van der Waals surface area contributed by atoms with E-state index in [0.29, 0.717) is 0 Å². The van der Waals surface area contributed by atoms with Crippen LogP contribution in [-0.2, 0) is 4.43 Å². The second kappa shape index (κ2) is 12.9. The van der Waals surface area contributed by atoms with Gasteiger partial charge in [0.2, 0.25) is 0 Å². The SMILES string of the molecule is ICc1cccc(-c2cc(-c3ccccc3)cc(-c3cccc(-c4cc(-c5ccccc5)cc(-c5ccccc5)c4)c3)c2)c1. The molecule has 0 fully saturated rings. The fraction of sp³-hybridized carbons (Fsp3) is 0.0233. The summed E-state index contributed by atoms with van der Waals surface area (Å²) >= 11 is 2.44. The predicted molar refractivity (Wildman–Crippen MR) is 197 cm³/mol. The molecule has 0 saturated heterocycles. The molecule has 0 amide bonds. The van der Waals surface area contributed by atoms with Gasteiger partial charge < -0.3 is 0 Å². The van der Waals surface area contributed by atoms with E-state index in [1.165, 1.54) is 72.3 Å². The molecule has 0 aliphatic rings. The van der Waals surface area contributed by atoms with Crippen molar-refractivity contribution in [1.29, 1.82) is 0 Å². The minimum Gasteiger partial charge on any atom is -0.0812 e. The Balaban J connectivity index is 1.37. The van der Waals surface area contributed by atoms with Gasteiger partial charge in [0.25, 0.3) is 0 Å². The molecule has 44 heavy (non-hydrogen) atoms. The van der Waals surface area contributed by atoms with Crippen LogP contribution in [0.2, 0.25) is 0 Å². The summed E-state index contributed by atoms with van der Waals surface area (Å²) < 4.78 is 0.992. The molecule has 210 valence electrons. The Morgan fingerprint density at radius 1 is 0.250 bits per heavy atom. The van der Waals surface area contributed by atoms with E-state index in [9.17, 15) is 0 Å². The first kappa shape index (κ1) is 28.1. The molecule has 0 radical (unpaired) electrons. The van der Waals surface area contributed by atoms with Crippen LogP contribution in [0, 0.1) is 0 Å². The van der Waals surface area contributed by atoms with Gasteiger partial charge in [-0.15, -0.1) is 0 Å². The van der Waals surface area contributed by atoms with Crippen LogP contribution >= 0.6 is 22.6 Å². The van der Waals surface area contributed by atoms with Crippen molar-refractivity contribution < 1.29 is 0 Å². The van der Waals surface area contributed by atoms with Crippen molar-refractivity contribution in [3.05, 3.63) is 181 Å². The molecule has 0 unspecified atom stereocenters. The van der Waals surface area contributed by atoms with Gasteiger partial charge in [0.15, 0.2) is 0 Å². The van der Waals surface area contributed by atoms with Crippen molar-refractivity contribution in [2.24, 2.45) is 0 Å². The molecular weight excluding hydrogens is 643 g/mol. The Morgan fingerprint density at radius 2 is 0.523 bits per heavy atom. The summed E-state index contributed by atoms with van der Waals surface area (Å²) in [5.74, 6) is 0. The van der Waals surface area contributed by atoms with Gasteiger partial charge in [0, 0.05) is 4.43 Å². The number of alkyl halides is 1. The maximum absolute atomic E-state index is 2.44. The zero-order chi connectivity index (χ0) is 29.7. The fourth-order valence-corrected chi connectivity index (χ4v) is 6.33. The van der Waals surface area contributed by atoms with Gasteiger partial charge in [-0.25, -0.2) is 0 Å². The third-order valence-corrected chi connectivity index (χ3v) is 9.01. The highest BCUT2D eigenvalue weighted by Gasteiger charge is 2.11. The zero-order valence-corrected chi connectivity index (χ0v) is 26.5. The Labute approximate surface area is 273 Å². The molecule has 0 aliphatic heterocycles. The number of benzene rings is 7. The lowest BCUT2D eigenvalue weighted by Gasteiger charge is -2.14. The van der Waals surface area contributed by atoms with Crippen molar-refractivity contribution in [1.82, 2.24) is 0 Å². The summed E-state index contributed by atoms with van der Waals surface area (Å²) in [6.07, 6.45) is 0. The van der Waals surface area contributed by atoms with Crippen LogP contribution in [0.25, 0.3) is 66.8 Å². The van der Waals surface area contributed by atoms with E-state index in [4.69, 9.17) is 0 Å². The number of hydrogen-bond acceptors (Lipinski definition) is 0. The first-order chi connectivity index (χ1) is 21.7. The Morgan fingerprint density at radius 3 is 0.886 bits per heavy atom. The zero-order valence-electron chi connectivity index (χ0n) is 24.3. The van der Waals surface area contributed by atoms with Crippen molar-refractivity contribution in [3.63, 3.8) is 0 Å². The van der Waals surface area contributed by atoms with Gasteiger partial charge >= 0.3 is 0 Å². The molecule has 0 spiro atoms. The number of rotatable bonds is 7. The molecule has 0 heterocycles. The second-order valence-corrected chi connectivity index (χ2v) is 11.9. The molecule has 7 rings (SSSR count). The van der Waals surface area contributed by atoms with Crippen molar-refractivity contribution in [2.45, 2.75) is 4.43 Å². The van der Waals surface area contributed by atoms with Crippen LogP contribution in [-0.4, -0.2) is 0 Å². The summed E-state index contributed by atoms with van der Waals surface area (Å²) in [4.78, 5) is 0. The third kappa shape index (κ3) is 6.15. The first-order valence-electron chi connectivity index (χ1n) is 15.0. The minimum atomic E-state index is 0.992. The lowest BCUT2D eigenvalue weighted by molar-refractivity contribution is 1.45. The largest absolute Gasteiger partial charge is 0.0812 e. The highest BCUT2D eigenvalue weighted by molar-refractivity contribution is 14.1. The van der Waals surface area contributed by atoms with E-state index in [1.807, 2.05) is 0 Å². The van der Waals surface area contributed by atoms with Gasteiger partial charge in [0.1, 0.15) is 0 Å². The van der Waals surface area contributed by atoms with Gasteiger partial charge in [-0.3, -0.25) is 0 Å². The fourth-order valence-electron chi connectivity index (χ4n) is 5.86. The highest BCUT2D eigenvalue weighted by atomic mass is 127. The van der Waals surface area contributed by atoms with Crippen LogP contribution in [0.1, 0.15) is 5.56 Å². The van der Waals surface area contributed by atoms with Crippen LogP contribution in [0.4, 0.5) is 0 Å². The van der Waals surface area contributed by atoms with Crippen molar-refractivity contribution in [2.75, 3.05) is 0 Å². The molecule has 0 saturated carbocycles.